The first-order valence-corrected chi connectivity index (χ1v) is 7.91. The van der Waals surface area contributed by atoms with Crippen molar-refractivity contribution in [3.63, 3.8) is 0 Å². The van der Waals surface area contributed by atoms with Gasteiger partial charge in [0.1, 0.15) is 0 Å². The molecule has 20 heavy (non-hydrogen) atoms. The van der Waals surface area contributed by atoms with Gasteiger partial charge in [-0.1, -0.05) is 11.6 Å². The second-order valence-electron chi connectivity index (χ2n) is 5.12. The maximum atomic E-state index is 12.2. The summed E-state index contributed by atoms with van der Waals surface area (Å²) in [4.78, 5) is 26.9. The summed E-state index contributed by atoms with van der Waals surface area (Å²) >= 11 is 11.0. The number of thiophene rings is 1. The summed E-state index contributed by atoms with van der Waals surface area (Å²) in [6.45, 7) is 1.82. The van der Waals surface area contributed by atoms with Gasteiger partial charge in [-0.2, -0.15) is 0 Å². The molecule has 1 amide bonds. The fraction of sp³-hybridized carbons (Fsp3) is 0.385. The lowest BCUT2D eigenvalue weighted by atomic mass is 9.86. The molecule has 1 aliphatic heterocycles. The number of ketones is 1. The summed E-state index contributed by atoms with van der Waals surface area (Å²) in [5.74, 6) is -0.538. The van der Waals surface area contributed by atoms with E-state index < -0.39 is 5.54 Å². The first-order valence-electron chi connectivity index (χ1n) is 5.92. The highest BCUT2D eigenvalue weighted by molar-refractivity contribution is 9.11. The van der Waals surface area contributed by atoms with Gasteiger partial charge in [0.25, 0.3) is 5.91 Å². The zero-order chi connectivity index (χ0) is 15.1. The van der Waals surface area contributed by atoms with Crippen molar-refractivity contribution in [3.8, 4) is 0 Å². The molecule has 1 atom stereocenters. The number of rotatable bonds is 2. The smallest absolute Gasteiger partial charge is 0.257 e. The zero-order valence-corrected chi connectivity index (χ0v) is 14.4. The molecule has 1 saturated heterocycles. The molecule has 1 aliphatic rings. The normalized spacial score (nSPS) is 24.9. The minimum Gasteiger partial charge on any atom is -0.383 e. The van der Waals surface area contributed by atoms with Crippen molar-refractivity contribution in [2.45, 2.75) is 18.9 Å². The Morgan fingerprint density at radius 2 is 2.15 bits per heavy atom. The van der Waals surface area contributed by atoms with Crippen LogP contribution in [0.1, 0.15) is 18.2 Å². The second kappa shape index (κ2) is 5.50. The number of halogens is 2. The fourth-order valence-electron chi connectivity index (χ4n) is 2.15. The Morgan fingerprint density at radius 1 is 1.50 bits per heavy atom. The first-order chi connectivity index (χ1) is 9.23. The fourth-order valence-corrected chi connectivity index (χ4v) is 4.37. The minimum atomic E-state index is -0.758. The van der Waals surface area contributed by atoms with Crippen molar-refractivity contribution in [2.24, 2.45) is 0 Å². The molecule has 4 nitrogen and oxygen atoms in total. The van der Waals surface area contributed by atoms with Crippen LogP contribution in [0.4, 0.5) is 0 Å². The molecule has 0 saturated carbocycles. The van der Waals surface area contributed by atoms with Gasteiger partial charge < -0.3 is 10.2 Å². The summed E-state index contributed by atoms with van der Waals surface area (Å²) < 4.78 is 0.870. The molecule has 0 unspecified atom stereocenters. The Kier molecular flexibility index (Phi) is 4.27. The van der Waals surface area contributed by atoms with Gasteiger partial charge in [0.2, 0.25) is 0 Å². The van der Waals surface area contributed by atoms with Crippen LogP contribution in [-0.2, 0) is 15.1 Å². The Hall–Kier alpha value is -0.850. The monoisotopic (exact) mass is 376 g/mol. The average molecular weight is 378 g/mol. The van der Waals surface area contributed by atoms with Crippen molar-refractivity contribution >= 4 is 50.6 Å². The van der Waals surface area contributed by atoms with Crippen LogP contribution in [0.15, 0.2) is 21.6 Å². The standard InChI is InChI=1S/C13H14BrClN2O2S/c1-13(11-8(15)4-10(14)20-11)5-9(18)7(6-17(2)3)12(19)16-13/h4,6H,5H2,1-3H3,(H,16,19)/b7-6+/t13-/m0/s1. The molecule has 1 aromatic rings. The van der Waals surface area contributed by atoms with Gasteiger partial charge in [0.15, 0.2) is 5.78 Å². The molecule has 0 aromatic carbocycles. The Labute approximate surface area is 134 Å². The summed E-state index contributed by atoms with van der Waals surface area (Å²) in [7, 11) is 3.54. The topological polar surface area (TPSA) is 49.4 Å². The molecular weight excluding hydrogens is 364 g/mol. The van der Waals surface area contributed by atoms with Crippen molar-refractivity contribution < 1.29 is 9.59 Å². The number of carbonyl (C=O) groups excluding carboxylic acids is 2. The van der Waals surface area contributed by atoms with E-state index in [2.05, 4.69) is 21.2 Å². The summed E-state index contributed by atoms with van der Waals surface area (Å²) in [6.07, 6.45) is 1.74. The first kappa shape index (κ1) is 15.5. The van der Waals surface area contributed by atoms with Gasteiger partial charge in [0, 0.05) is 26.7 Å². The lowest BCUT2D eigenvalue weighted by Crippen LogP contribution is -2.51. The van der Waals surface area contributed by atoms with Crippen LogP contribution in [0.3, 0.4) is 0 Å². The van der Waals surface area contributed by atoms with Gasteiger partial charge in [0.05, 0.1) is 24.8 Å². The second-order valence-corrected chi connectivity index (χ2v) is 7.96. The Morgan fingerprint density at radius 3 is 2.60 bits per heavy atom. The summed E-state index contributed by atoms with van der Waals surface area (Å²) in [5, 5.41) is 3.45. The van der Waals surface area contributed by atoms with Crippen molar-refractivity contribution in [3.05, 3.63) is 31.5 Å². The van der Waals surface area contributed by atoms with Crippen LogP contribution in [0, 0.1) is 0 Å². The molecule has 2 rings (SSSR count). The number of nitrogens with zero attached hydrogens (tertiary/aromatic N) is 1. The number of amides is 1. The van der Waals surface area contributed by atoms with E-state index in [0.717, 1.165) is 8.66 Å². The maximum absolute atomic E-state index is 12.2. The molecule has 0 aliphatic carbocycles. The van der Waals surface area contributed by atoms with E-state index >= 15 is 0 Å². The van der Waals surface area contributed by atoms with E-state index in [1.807, 2.05) is 6.92 Å². The number of hydrogen-bond donors (Lipinski definition) is 1. The summed E-state index contributed by atoms with van der Waals surface area (Å²) in [6, 6.07) is 1.77. The highest BCUT2D eigenvalue weighted by Gasteiger charge is 2.41. The van der Waals surface area contributed by atoms with E-state index in [4.69, 9.17) is 11.6 Å². The van der Waals surface area contributed by atoms with Crippen LogP contribution >= 0.6 is 38.9 Å². The Balaban J connectivity index is 2.37. The molecule has 2 heterocycles. The van der Waals surface area contributed by atoms with Crippen molar-refractivity contribution in [1.29, 1.82) is 0 Å². The van der Waals surface area contributed by atoms with Crippen LogP contribution in [0.5, 0.6) is 0 Å². The number of Topliss-reactive ketones (excluding diaryl/α,β-unsaturated/α-hetero) is 1. The number of carbonyl (C=O) groups is 2. The lowest BCUT2D eigenvalue weighted by Gasteiger charge is -2.34. The van der Waals surface area contributed by atoms with E-state index in [0.29, 0.717) is 5.02 Å². The van der Waals surface area contributed by atoms with Crippen LogP contribution in [-0.4, -0.2) is 30.7 Å². The van der Waals surface area contributed by atoms with Gasteiger partial charge in [-0.05, 0) is 28.9 Å². The molecule has 0 radical (unpaired) electrons. The zero-order valence-electron chi connectivity index (χ0n) is 11.3. The highest BCUT2D eigenvalue weighted by Crippen LogP contribution is 2.41. The van der Waals surface area contributed by atoms with Crippen molar-refractivity contribution in [2.75, 3.05) is 14.1 Å². The van der Waals surface area contributed by atoms with Gasteiger partial charge >= 0.3 is 0 Å². The lowest BCUT2D eigenvalue weighted by molar-refractivity contribution is -0.128. The molecule has 1 fully saturated rings. The molecule has 108 valence electrons. The molecule has 7 heteroatoms. The number of nitrogens with one attached hydrogen (secondary N) is 1. The molecule has 0 spiro atoms. The quantitative estimate of drug-likeness (QED) is 0.637. The summed E-state index contributed by atoms with van der Waals surface area (Å²) in [5.41, 5.74) is -0.579. The third-order valence-electron chi connectivity index (χ3n) is 2.99. The molecule has 1 N–H and O–H groups in total. The predicted molar refractivity (Wildman–Crippen MR) is 83.9 cm³/mol. The van der Waals surface area contributed by atoms with Gasteiger partial charge in [-0.25, -0.2) is 0 Å². The van der Waals surface area contributed by atoms with E-state index in [9.17, 15) is 9.59 Å². The SMILES string of the molecule is CN(C)/C=C1\C(=O)C[C@@](C)(c2sc(Br)cc2Cl)NC1=O. The van der Waals surface area contributed by atoms with Crippen LogP contribution in [0.25, 0.3) is 0 Å². The van der Waals surface area contributed by atoms with E-state index in [1.165, 1.54) is 11.3 Å². The molecule has 0 bridgehead atoms. The number of piperidine rings is 1. The third kappa shape index (κ3) is 2.92. The van der Waals surface area contributed by atoms with Crippen LogP contribution in [0.2, 0.25) is 5.02 Å². The van der Waals surface area contributed by atoms with E-state index in [-0.39, 0.29) is 23.7 Å². The van der Waals surface area contributed by atoms with Gasteiger partial charge in [-0.3, -0.25) is 9.59 Å². The highest BCUT2D eigenvalue weighted by atomic mass is 79.9. The minimum absolute atomic E-state index is 0.175. The average Bonchev–Trinajstić information content (AvgIpc) is 2.63. The Bertz CT molecular complexity index is 590. The van der Waals surface area contributed by atoms with Crippen molar-refractivity contribution in [1.82, 2.24) is 10.2 Å². The molecule has 1 aromatic heterocycles. The van der Waals surface area contributed by atoms with E-state index in [1.54, 1.807) is 31.3 Å². The van der Waals surface area contributed by atoms with Gasteiger partial charge in [-0.15, -0.1) is 11.3 Å². The largest absolute Gasteiger partial charge is 0.383 e. The molecular formula is C13H14BrClN2O2S. The number of hydrogen-bond acceptors (Lipinski definition) is 4. The maximum Gasteiger partial charge on any atom is 0.257 e. The predicted octanol–water partition coefficient (Wildman–Crippen LogP) is 2.91. The van der Waals surface area contributed by atoms with Crippen LogP contribution < -0.4 is 5.32 Å². The third-order valence-corrected chi connectivity index (χ3v) is 5.31.